The first-order chi connectivity index (χ1) is 13.0. The van der Waals surface area contributed by atoms with Gasteiger partial charge in [-0.15, -0.1) is 11.3 Å². The lowest BCUT2D eigenvalue weighted by Crippen LogP contribution is -2.23. The van der Waals surface area contributed by atoms with Crippen LogP contribution in [-0.4, -0.2) is 41.2 Å². The van der Waals surface area contributed by atoms with Gasteiger partial charge in [0.25, 0.3) is 0 Å². The van der Waals surface area contributed by atoms with Crippen LogP contribution in [0.1, 0.15) is 27.7 Å². The molecule has 0 amide bonds. The number of nitrogens with zero attached hydrogens (tertiary/aromatic N) is 6. The number of aryl methyl sites for hydroxylation is 1. The molecule has 27 heavy (non-hydrogen) atoms. The highest BCUT2D eigenvalue weighted by Gasteiger charge is 2.40. The highest BCUT2D eigenvalue weighted by molar-refractivity contribution is 7.19. The molecule has 5 rings (SSSR count). The van der Waals surface area contributed by atoms with Crippen LogP contribution in [0.4, 0.5) is 8.78 Å². The molecule has 1 aliphatic heterocycles. The summed E-state index contributed by atoms with van der Waals surface area (Å²) >= 11 is 0.989. The van der Waals surface area contributed by atoms with Crippen molar-refractivity contribution in [1.29, 1.82) is 0 Å². The van der Waals surface area contributed by atoms with Crippen LogP contribution in [0.25, 0.3) is 10.3 Å². The zero-order valence-electron chi connectivity index (χ0n) is 14.1. The van der Waals surface area contributed by atoms with Crippen LogP contribution in [0.3, 0.4) is 0 Å². The first-order valence-corrected chi connectivity index (χ1v) is 8.99. The number of alkyl halides is 2. The summed E-state index contributed by atoms with van der Waals surface area (Å²) in [6, 6.07) is 3.15. The Bertz CT molecular complexity index is 1120. The summed E-state index contributed by atoms with van der Waals surface area (Å²) in [6.45, 7) is 1.15. The lowest BCUT2D eigenvalue weighted by molar-refractivity contribution is 0.0378. The highest BCUT2D eigenvalue weighted by atomic mass is 32.1. The van der Waals surface area contributed by atoms with Crippen molar-refractivity contribution in [3.05, 3.63) is 52.2 Å². The van der Waals surface area contributed by atoms with Crippen molar-refractivity contribution >= 4 is 27.9 Å². The van der Waals surface area contributed by atoms with Crippen molar-refractivity contribution in [2.45, 2.75) is 19.0 Å². The van der Waals surface area contributed by atoms with Gasteiger partial charge in [0.1, 0.15) is 5.69 Å². The molecule has 11 heteroatoms. The Hall–Kier alpha value is -3.08. The smallest absolute Gasteiger partial charge is 0.329 e. The Balaban J connectivity index is 1.51. The molecule has 4 aromatic heterocycles. The van der Waals surface area contributed by atoms with Crippen LogP contribution < -0.4 is 0 Å². The second-order valence-electron chi connectivity index (χ2n) is 6.28. The van der Waals surface area contributed by atoms with Crippen molar-refractivity contribution in [2.24, 2.45) is 12.1 Å². The number of hydrogen-bond acceptors (Lipinski definition) is 6. The summed E-state index contributed by atoms with van der Waals surface area (Å²) in [7, 11) is 1.84. The number of rotatable bonds is 4. The molecular weight excluding hydrogens is 374 g/mol. The Morgan fingerprint density at radius 3 is 2.78 bits per heavy atom. The zero-order chi connectivity index (χ0) is 18.6. The molecule has 0 aromatic carbocycles. The fourth-order valence-corrected chi connectivity index (χ4v) is 4.30. The minimum absolute atomic E-state index is 0.261. The molecule has 138 valence electrons. The SMILES string of the molecule is Cn1c2c(c3sc(C(F)(F)c4ccn[nH]4)nc31)C=NN(Cc1ccn[nH]1)C2. The van der Waals surface area contributed by atoms with Gasteiger partial charge in [0, 0.05) is 25.0 Å². The van der Waals surface area contributed by atoms with Crippen LogP contribution in [0.2, 0.25) is 0 Å². The number of H-pyrrole nitrogens is 2. The largest absolute Gasteiger partial charge is 0.340 e. The van der Waals surface area contributed by atoms with Crippen LogP contribution >= 0.6 is 11.3 Å². The third kappa shape index (κ3) is 2.46. The molecule has 0 unspecified atom stereocenters. The fourth-order valence-electron chi connectivity index (χ4n) is 3.18. The Kier molecular flexibility index (Phi) is 3.41. The van der Waals surface area contributed by atoms with Crippen molar-refractivity contribution in [3.63, 3.8) is 0 Å². The topological polar surface area (TPSA) is 90.8 Å². The number of thiazole rings is 1. The number of nitrogens with one attached hydrogen (secondary N) is 2. The minimum atomic E-state index is -3.22. The van der Waals surface area contributed by atoms with Gasteiger partial charge in [-0.25, -0.2) is 4.98 Å². The first kappa shape index (κ1) is 16.1. The maximum Gasteiger partial charge on any atom is 0.340 e. The van der Waals surface area contributed by atoms with Gasteiger partial charge in [0.05, 0.1) is 35.4 Å². The lowest BCUT2D eigenvalue weighted by atomic mass is 10.2. The molecule has 0 fully saturated rings. The number of hydrazone groups is 1. The molecule has 5 heterocycles. The maximum atomic E-state index is 14.7. The van der Waals surface area contributed by atoms with Crippen LogP contribution in [0.15, 0.2) is 29.6 Å². The van der Waals surface area contributed by atoms with E-state index in [0.717, 1.165) is 28.3 Å². The maximum absolute atomic E-state index is 14.7. The lowest BCUT2D eigenvalue weighted by Gasteiger charge is -2.22. The van der Waals surface area contributed by atoms with E-state index < -0.39 is 5.92 Å². The average Bonchev–Trinajstić information content (AvgIpc) is 3.43. The first-order valence-electron chi connectivity index (χ1n) is 8.17. The molecule has 1 aliphatic rings. The molecular formula is C16H14F2N8S. The van der Waals surface area contributed by atoms with Gasteiger partial charge >= 0.3 is 5.92 Å². The van der Waals surface area contributed by atoms with Gasteiger partial charge in [-0.05, 0) is 12.1 Å². The second-order valence-corrected chi connectivity index (χ2v) is 7.28. The molecule has 0 spiro atoms. The number of fused-ring (bicyclic) bond motifs is 3. The van der Waals surface area contributed by atoms with Crippen molar-refractivity contribution in [3.8, 4) is 0 Å². The van der Waals surface area contributed by atoms with E-state index in [4.69, 9.17) is 0 Å². The molecule has 0 saturated carbocycles. The molecule has 0 radical (unpaired) electrons. The summed E-state index contributed by atoms with van der Waals surface area (Å²) in [5, 5.41) is 18.9. The Morgan fingerprint density at radius 1 is 1.22 bits per heavy atom. The molecule has 0 saturated heterocycles. The van der Waals surface area contributed by atoms with Crippen molar-refractivity contribution in [1.82, 2.24) is 35.0 Å². The molecule has 0 aliphatic carbocycles. The summed E-state index contributed by atoms with van der Waals surface area (Å²) in [4.78, 5) is 4.23. The van der Waals surface area contributed by atoms with E-state index in [1.165, 1.54) is 12.3 Å². The normalized spacial score (nSPS) is 14.3. The van der Waals surface area contributed by atoms with Gasteiger partial charge in [-0.1, -0.05) is 0 Å². The van der Waals surface area contributed by atoms with Gasteiger partial charge in [0.2, 0.25) is 0 Å². The van der Waals surface area contributed by atoms with E-state index >= 15 is 0 Å². The highest BCUT2D eigenvalue weighted by Crippen LogP contribution is 2.41. The van der Waals surface area contributed by atoms with Crippen LogP contribution in [-0.2, 0) is 26.1 Å². The molecule has 4 aromatic rings. The second kappa shape index (κ2) is 5.71. The molecule has 0 bridgehead atoms. The number of halogens is 2. The molecule has 8 nitrogen and oxygen atoms in total. The summed E-state index contributed by atoms with van der Waals surface area (Å²) < 4.78 is 32.0. The van der Waals surface area contributed by atoms with E-state index in [1.54, 1.807) is 12.4 Å². The monoisotopic (exact) mass is 388 g/mol. The van der Waals surface area contributed by atoms with Crippen molar-refractivity contribution in [2.75, 3.05) is 0 Å². The standard InChI is InChI=1S/C16H14F2N8S/c1-25-11-8-26(7-9-2-4-19-23-9)21-6-10(11)13-14(25)22-15(27-13)16(17,18)12-3-5-20-24-12/h2-6H,7-8H2,1H3,(H,19,23)(H,20,24). The van der Waals surface area contributed by atoms with Gasteiger partial charge < -0.3 is 4.57 Å². The van der Waals surface area contributed by atoms with E-state index in [9.17, 15) is 8.78 Å². The van der Waals surface area contributed by atoms with Crippen LogP contribution in [0, 0.1) is 0 Å². The predicted octanol–water partition coefficient (Wildman–Crippen LogP) is 2.57. The summed E-state index contributed by atoms with van der Waals surface area (Å²) in [5.74, 6) is -3.22. The zero-order valence-corrected chi connectivity index (χ0v) is 15.0. The van der Waals surface area contributed by atoms with E-state index in [-0.39, 0.29) is 10.7 Å². The minimum Gasteiger partial charge on any atom is -0.329 e. The van der Waals surface area contributed by atoms with Gasteiger partial charge in [0.15, 0.2) is 10.7 Å². The third-order valence-corrected chi connectivity index (χ3v) is 5.74. The number of hydrogen-bond donors (Lipinski definition) is 2. The van der Waals surface area contributed by atoms with E-state index in [2.05, 4.69) is 30.5 Å². The summed E-state index contributed by atoms with van der Waals surface area (Å²) in [6.07, 6.45) is 4.71. The third-order valence-electron chi connectivity index (χ3n) is 4.59. The Labute approximate surface area is 155 Å². The van der Waals surface area contributed by atoms with Gasteiger partial charge in [-0.2, -0.15) is 24.1 Å². The number of aromatic nitrogens is 6. The molecule has 0 atom stereocenters. The van der Waals surface area contributed by atoms with Crippen molar-refractivity contribution < 1.29 is 8.78 Å². The fraction of sp³-hybridized carbons (Fsp3) is 0.250. The predicted molar refractivity (Wildman–Crippen MR) is 95.6 cm³/mol. The summed E-state index contributed by atoms with van der Waals surface area (Å²) in [5.41, 5.74) is 3.06. The van der Waals surface area contributed by atoms with E-state index in [1.807, 2.05) is 22.7 Å². The average molecular weight is 388 g/mol. The van der Waals surface area contributed by atoms with Gasteiger partial charge in [-0.3, -0.25) is 15.2 Å². The van der Waals surface area contributed by atoms with E-state index in [0.29, 0.717) is 23.4 Å². The Morgan fingerprint density at radius 2 is 2.04 bits per heavy atom. The quantitative estimate of drug-likeness (QED) is 0.562. The molecule has 2 N–H and O–H groups in total. The number of aromatic amines is 2. The van der Waals surface area contributed by atoms with Crippen LogP contribution in [0.5, 0.6) is 0 Å².